The Hall–Kier alpha value is -1.33. The van der Waals surface area contributed by atoms with Crippen LogP contribution in [0.5, 0.6) is 0 Å². The average Bonchev–Trinajstić information content (AvgIpc) is 2.93. The highest BCUT2D eigenvalue weighted by Gasteiger charge is 2.19. The predicted octanol–water partition coefficient (Wildman–Crippen LogP) is 1.41. The molecule has 1 saturated heterocycles. The summed E-state index contributed by atoms with van der Waals surface area (Å²) < 4.78 is 4.92. The van der Waals surface area contributed by atoms with Crippen LogP contribution in [-0.4, -0.2) is 42.7 Å². The molecule has 0 bridgehead atoms. The molecule has 1 aliphatic rings. The smallest absolute Gasteiger partial charge is 0.372 e. The Morgan fingerprint density at radius 1 is 1.67 bits per heavy atom. The minimum atomic E-state index is -1.01. The maximum atomic E-state index is 10.8. The Labute approximate surface area is 107 Å². The van der Waals surface area contributed by atoms with Crippen molar-refractivity contribution in [3.05, 3.63) is 23.7 Å². The van der Waals surface area contributed by atoms with Gasteiger partial charge in [0.15, 0.2) is 0 Å². The molecule has 1 aliphatic heterocycles. The van der Waals surface area contributed by atoms with Crippen molar-refractivity contribution in [2.24, 2.45) is 5.92 Å². The molecule has 2 heterocycles. The van der Waals surface area contributed by atoms with Crippen molar-refractivity contribution >= 4 is 5.97 Å². The van der Waals surface area contributed by atoms with Crippen LogP contribution in [-0.2, 0) is 6.54 Å². The van der Waals surface area contributed by atoms with Gasteiger partial charge in [-0.1, -0.05) is 0 Å². The summed E-state index contributed by atoms with van der Waals surface area (Å²) in [5, 5.41) is 12.2. The quantitative estimate of drug-likeness (QED) is 0.749. The molecule has 0 spiro atoms. The molecule has 1 aromatic rings. The van der Waals surface area contributed by atoms with Crippen molar-refractivity contribution in [1.82, 2.24) is 10.2 Å². The highest BCUT2D eigenvalue weighted by atomic mass is 16.4. The van der Waals surface area contributed by atoms with E-state index in [-0.39, 0.29) is 5.76 Å². The van der Waals surface area contributed by atoms with Gasteiger partial charge in [0.2, 0.25) is 5.76 Å². The van der Waals surface area contributed by atoms with Crippen LogP contribution in [0.1, 0.15) is 29.0 Å². The molecular formula is C13H20N2O3. The van der Waals surface area contributed by atoms with Crippen molar-refractivity contribution in [2.45, 2.75) is 19.4 Å². The number of carboxylic acid groups (broad SMARTS) is 1. The maximum Gasteiger partial charge on any atom is 0.372 e. The van der Waals surface area contributed by atoms with Gasteiger partial charge < -0.3 is 19.7 Å². The van der Waals surface area contributed by atoms with E-state index in [1.807, 2.05) is 0 Å². The highest BCUT2D eigenvalue weighted by molar-refractivity contribution is 5.86. The number of aromatic carboxylic acids is 1. The predicted molar refractivity (Wildman–Crippen MR) is 67.6 cm³/mol. The lowest BCUT2D eigenvalue weighted by molar-refractivity contribution is 0.0660. The lowest BCUT2D eigenvalue weighted by Crippen LogP contribution is -2.20. The number of rotatable bonds is 6. The highest BCUT2D eigenvalue weighted by Crippen LogP contribution is 2.17. The molecular weight excluding hydrogens is 232 g/mol. The van der Waals surface area contributed by atoms with Crippen LogP contribution in [0.4, 0.5) is 0 Å². The Morgan fingerprint density at radius 3 is 3.17 bits per heavy atom. The van der Waals surface area contributed by atoms with E-state index in [4.69, 9.17) is 9.52 Å². The molecule has 0 aliphatic carbocycles. The molecule has 0 amide bonds. The first-order chi connectivity index (χ1) is 8.66. The number of likely N-dealkylation sites (tertiary alicyclic amines) is 1. The zero-order valence-corrected chi connectivity index (χ0v) is 10.7. The van der Waals surface area contributed by atoms with Gasteiger partial charge in [0.1, 0.15) is 0 Å². The lowest BCUT2D eigenvalue weighted by Gasteiger charge is -2.10. The number of hydrogen-bond acceptors (Lipinski definition) is 4. The van der Waals surface area contributed by atoms with Gasteiger partial charge in [0, 0.05) is 18.7 Å². The van der Waals surface area contributed by atoms with E-state index >= 15 is 0 Å². The van der Waals surface area contributed by atoms with Crippen LogP contribution in [0.15, 0.2) is 16.7 Å². The monoisotopic (exact) mass is 252 g/mol. The van der Waals surface area contributed by atoms with Gasteiger partial charge in [-0.3, -0.25) is 0 Å². The molecule has 2 N–H and O–H groups in total. The van der Waals surface area contributed by atoms with Gasteiger partial charge in [-0.2, -0.15) is 0 Å². The van der Waals surface area contributed by atoms with Crippen LogP contribution >= 0.6 is 0 Å². The van der Waals surface area contributed by atoms with E-state index in [1.54, 1.807) is 6.07 Å². The molecule has 100 valence electrons. The third-order valence-corrected chi connectivity index (χ3v) is 3.47. The van der Waals surface area contributed by atoms with Gasteiger partial charge in [-0.25, -0.2) is 4.79 Å². The molecule has 5 heteroatoms. The summed E-state index contributed by atoms with van der Waals surface area (Å²) in [6.07, 6.45) is 3.83. The summed E-state index contributed by atoms with van der Waals surface area (Å²) in [6, 6.07) is 1.71. The Kier molecular flexibility index (Phi) is 4.38. The molecule has 5 nitrogen and oxygen atoms in total. The molecule has 1 unspecified atom stereocenters. The number of carbonyl (C=O) groups is 1. The first-order valence-corrected chi connectivity index (χ1v) is 6.35. The summed E-state index contributed by atoms with van der Waals surface area (Å²) >= 11 is 0. The molecule has 0 radical (unpaired) electrons. The first kappa shape index (κ1) is 13.1. The largest absolute Gasteiger partial charge is 0.475 e. The number of hydrogen-bond donors (Lipinski definition) is 2. The van der Waals surface area contributed by atoms with Crippen molar-refractivity contribution in [1.29, 1.82) is 0 Å². The summed E-state index contributed by atoms with van der Waals surface area (Å²) in [6.45, 7) is 3.84. The van der Waals surface area contributed by atoms with Crippen molar-refractivity contribution < 1.29 is 14.3 Å². The standard InChI is InChI=1S/C13H20N2O3/c1-15-6-3-10(9-15)2-5-14-8-11-4-7-18-12(11)13(16)17/h4,7,10,14H,2-3,5-6,8-9H2,1H3,(H,16,17). The number of furan rings is 1. The molecule has 0 saturated carbocycles. The topological polar surface area (TPSA) is 65.7 Å². The van der Waals surface area contributed by atoms with Gasteiger partial charge in [0.05, 0.1) is 6.26 Å². The fourth-order valence-electron chi connectivity index (χ4n) is 2.45. The summed E-state index contributed by atoms with van der Waals surface area (Å²) in [7, 11) is 2.15. The molecule has 1 fully saturated rings. The molecule has 18 heavy (non-hydrogen) atoms. The van der Waals surface area contributed by atoms with Crippen LogP contribution in [0.3, 0.4) is 0 Å². The van der Waals surface area contributed by atoms with Crippen LogP contribution in [0, 0.1) is 5.92 Å². The zero-order valence-electron chi connectivity index (χ0n) is 10.7. The number of nitrogens with one attached hydrogen (secondary N) is 1. The third-order valence-electron chi connectivity index (χ3n) is 3.47. The van der Waals surface area contributed by atoms with Gasteiger partial charge in [-0.15, -0.1) is 0 Å². The fourth-order valence-corrected chi connectivity index (χ4v) is 2.45. The average molecular weight is 252 g/mol. The molecule has 0 aromatic carbocycles. The van der Waals surface area contributed by atoms with E-state index in [0.29, 0.717) is 12.1 Å². The van der Waals surface area contributed by atoms with E-state index in [1.165, 1.54) is 25.8 Å². The number of nitrogens with zero attached hydrogens (tertiary/aromatic N) is 1. The Bertz CT molecular complexity index is 403. The molecule has 1 atom stereocenters. The zero-order chi connectivity index (χ0) is 13.0. The Morgan fingerprint density at radius 2 is 2.50 bits per heavy atom. The van der Waals surface area contributed by atoms with Crippen LogP contribution in [0.25, 0.3) is 0 Å². The first-order valence-electron chi connectivity index (χ1n) is 6.35. The molecule has 2 rings (SSSR count). The maximum absolute atomic E-state index is 10.8. The van der Waals surface area contributed by atoms with E-state index in [0.717, 1.165) is 18.9 Å². The van der Waals surface area contributed by atoms with Crippen molar-refractivity contribution in [2.75, 3.05) is 26.7 Å². The van der Waals surface area contributed by atoms with Gasteiger partial charge >= 0.3 is 5.97 Å². The fraction of sp³-hybridized carbons (Fsp3) is 0.615. The SMILES string of the molecule is CN1CCC(CCNCc2ccoc2C(=O)O)C1. The van der Waals surface area contributed by atoms with Crippen molar-refractivity contribution in [3.63, 3.8) is 0 Å². The second kappa shape index (κ2) is 6.02. The van der Waals surface area contributed by atoms with Crippen LogP contribution in [0.2, 0.25) is 0 Å². The minimum Gasteiger partial charge on any atom is -0.475 e. The summed E-state index contributed by atoms with van der Waals surface area (Å²) in [5.41, 5.74) is 0.714. The van der Waals surface area contributed by atoms with Gasteiger partial charge in [-0.05, 0) is 45.0 Å². The normalized spacial score (nSPS) is 20.4. The van der Waals surface area contributed by atoms with E-state index in [2.05, 4.69) is 17.3 Å². The lowest BCUT2D eigenvalue weighted by atomic mass is 10.1. The van der Waals surface area contributed by atoms with Crippen LogP contribution < -0.4 is 5.32 Å². The second-order valence-corrected chi connectivity index (χ2v) is 4.96. The minimum absolute atomic E-state index is 0.0445. The van der Waals surface area contributed by atoms with Crippen molar-refractivity contribution in [3.8, 4) is 0 Å². The Balaban J connectivity index is 1.69. The second-order valence-electron chi connectivity index (χ2n) is 4.96. The number of carboxylic acids is 1. The van der Waals surface area contributed by atoms with E-state index < -0.39 is 5.97 Å². The summed E-state index contributed by atoms with van der Waals surface area (Å²) in [4.78, 5) is 13.2. The summed E-state index contributed by atoms with van der Waals surface area (Å²) in [5.74, 6) is -0.192. The van der Waals surface area contributed by atoms with E-state index in [9.17, 15) is 4.79 Å². The molecule has 1 aromatic heterocycles. The van der Waals surface area contributed by atoms with Gasteiger partial charge in [0.25, 0.3) is 0 Å². The third kappa shape index (κ3) is 3.34.